The van der Waals surface area contributed by atoms with E-state index in [0.717, 1.165) is 0 Å². The van der Waals surface area contributed by atoms with Gasteiger partial charge in [0.2, 0.25) is 0 Å². The van der Waals surface area contributed by atoms with Gasteiger partial charge in [0.15, 0.2) is 0 Å². The summed E-state index contributed by atoms with van der Waals surface area (Å²) < 4.78 is 15.6. The minimum atomic E-state index is -0.982. The fourth-order valence-electron chi connectivity index (χ4n) is 1.25. The van der Waals surface area contributed by atoms with Crippen LogP contribution in [0.5, 0.6) is 0 Å². The fourth-order valence-corrected chi connectivity index (χ4v) is 1.94. The number of nitrogens with two attached hydrogens (primary N) is 1. The molecule has 1 aromatic rings. The third-order valence-electron chi connectivity index (χ3n) is 1.96. The van der Waals surface area contributed by atoms with Crippen LogP contribution in [0.1, 0.15) is 15.9 Å². The average molecular weight is 227 g/mol. The highest BCUT2D eigenvalue weighted by Gasteiger charge is 2.14. The Kier molecular flexibility index (Phi) is 3.99. The van der Waals surface area contributed by atoms with Crippen molar-refractivity contribution in [2.75, 3.05) is 19.1 Å². The van der Waals surface area contributed by atoms with Gasteiger partial charge in [0.25, 0.3) is 0 Å². The van der Waals surface area contributed by atoms with Crippen LogP contribution in [0.4, 0.5) is 5.69 Å². The minimum Gasteiger partial charge on any atom is -0.616 e. The summed E-state index contributed by atoms with van der Waals surface area (Å²) >= 11 is -0.982. The van der Waals surface area contributed by atoms with Gasteiger partial charge in [0.05, 0.1) is 24.6 Å². The van der Waals surface area contributed by atoms with Gasteiger partial charge in [-0.25, -0.2) is 4.79 Å². The molecule has 1 unspecified atom stereocenters. The molecule has 0 radical (unpaired) electrons. The van der Waals surface area contributed by atoms with Crippen LogP contribution >= 0.6 is 0 Å². The summed E-state index contributed by atoms with van der Waals surface area (Å²) in [6.45, 7) is 0. The second kappa shape index (κ2) is 5.04. The SMILES string of the molecule is COC(=O)c1cccc(C[S+](C)[O-])c1N. The Bertz CT molecular complexity index is 366. The third kappa shape index (κ3) is 2.87. The zero-order chi connectivity index (χ0) is 11.4. The first-order valence-electron chi connectivity index (χ1n) is 4.32. The predicted molar refractivity (Wildman–Crippen MR) is 60.0 cm³/mol. The van der Waals surface area contributed by atoms with Crippen molar-refractivity contribution in [1.29, 1.82) is 0 Å². The van der Waals surface area contributed by atoms with Crippen molar-refractivity contribution in [3.8, 4) is 0 Å². The number of methoxy groups -OCH3 is 1. The number of para-hydroxylation sites is 1. The van der Waals surface area contributed by atoms with E-state index in [9.17, 15) is 9.35 Å². The topological polar surface area (TPSA) is 75.4 Å². The second-order valence-corrected chi connectivity index (χ2v) is 4.52. The second-order valence-electron chi connectivity index (χ2n) is 3.09. The van der Waals surface area contributed by atoms with Crippen molar-refractivity contribution in [3.05, 3.63) is 29.3 Å². The smallest absolute Gasteiger partial charge is 0.339 e. The number of benzene rings is 1. The van der Waals surface area contributed by atoms with Crippen LogP contribution in [0.2, 0.25) is 0 Å². The summed E-state index contributed by atoms with van der Waals surface area (Å²) in [6.07, 6.45) is 1.59. The number of hydrogen-bond donors (Lipinski definition) is 1. The van der Waals surface area contributed by atoms with Gasteiger partial charge < -0.3 is 15.0 Å². The summed E-state index contributed by atoms with van der Waals surface area (Å²) in [7, 11) is 1.30. The normalized spacial score (nSPS) is 12.2. The van der Waals surface area contributed by atoms with Gasteiger partial charge in [-0.3, -0.25) is 0 Å². The molecule has 0 spiro atoms. The van der Waals surface area contributed by atoms with E-state index >= 15 is 0 Å². The molecule has 0 heterocycles. The van der Waals surface area contributed by atoms with Crippen molar-refractivity contribution in [3.63, 3.8) is 0 Å². The van der Waals surface area contributed by atoms with Gasteiger partial charge in [-0.15, -0.1) is 0 Å². The molecule has 0 aliphatic rings. The van der Waals surface area contributed by atoms with E-state index in [1.807, 2.05) is 0 Å². The first kappa shape index (κ1) is 11.9. The quantitative estimate of drug-likeness (QED) is 0.473. The molecule has 0 saturated heterocycles. The van der Waals surface area contributed by atoms with Crippen LogP contribution in [0, 0.1) is 0 Å². The zero-order valence-corrected chi connectivity index (χ0v) is 9.47. The standard InChI is InChI=1S/C10H13NO3S/c1-14-10(12)8-5-3-4-7(9(8)11)6-15(2)13/h3-5H,6,11H2,1-2H3. The number of ether oxygens (including phenoxy) is 1. The van der Waals surface area contributed by atoms with E-state index in [0.29, 0.717) is 22.6 Å². The van der Waals surface area contributed by atoms with Crippen LogP contribution in [-0.2, 0) is 21.7 Å². The zero-order valence-electron chi connectivity index (χ0n) is 8.65. The number of rotatable bonds is 3. The summed E-state index contributed by atoms with van der Waals surface area (Å²) in [6, 6.07) is 5.04. The summed E-state index contributed by atoms with van der Waals surface area (Å²) in [5, 5.41) is 0. The van der Waals surface area contributed by atoms with Crippen molar-refractivity contribution in [1.82, 2.24) is 0 Å². The molecule has 0 amide bonds. The molecule has 0 aliphatic carbocycles. The largest absolute Gasteiger partial charge is 0.616 e. The molecular formula is C10H13NO3S. The highest BCUT2D eigenvalue weighted by molar-refractivity contribution is 7.89. The van der Waals surface area contributed by atoms with E-state index in [1.54, 1.807) is 24.5 Å². The molecule has 5 heteroatoms. The molecular weight excluding hydrogens is 214 g/mol. The molecule has 0 bridgehead atoms. The van der Waals surface area contributed by atoms with Crippen molar-refractivity contribution >= 4 is 22.8 Å². The summed E-state index contributed by atoms with van der Waals surface area (Å²) in [5.41, 5.74) is 7.15. The maximum atomic E-state index is 11.3. The van der Waals surface area contributed by atoms with Crippen LogP contribution in [0.15, 0.2) is 18.2 Å². The Morgan fingerprint density at radius 2 is 2.27 bits per heavy atom. The number of nitrogen functional groups attached to an aromatic ring is 1. The molecule has 0 fully saturated rings. The number of carbonyl (C=O) groups excluding carboxylic acids is 1. The molecule has 0 aromatic heterocycles. The van der Waals surface area contributed by atoms with Crippen LogP contribution in [0.3, 0.4) is 0 Å². The van der Waals surface area contributed by atoms with Gasteiger partial charge in [-0.1, -0.05) is 23.3 Å². The maximum absolute atomic E-state index is 11.3. The lowest BCUT2D eigenvalue weighted by molar-refractivity contribution is 0.0602. The average Bonchev–Trinajstić information content (AvgIpc) is 2.19. The van der Waals surface area contributed by atoms with Crippen LogP contribution in [-0.4, -0.2) is 23.9 Å². The Morgan fingerprint density at radius 3 is 2.80 bits per heavy atom. The van der Waals surface area contributed by atoms with Gasteiger partial charge in [0.1, 0.15) is 5.75 Å². The van der Waals surface area contributed by atoms with Gasteiger partial charge in [0, 0.05) is 5.56 Å². The Hall–Kier alpha value is -1.20. The van der Waals surface area contributed by atoms with Crippen molar-refractivity contribution in [2.24, 2.45) is 0 Å². The first-order valence-corrected chi connectivity index (χ1v) is 6.04. The highest BCUT2D eigenvalue weighted by atomic mass is 32.2. The Labute approximate surface area is 91.6 Å². The lowest BCUT2D eigenvalue weighted by Crippen LogP contribution is -2.10. The predicted octanol–water partition coefficient (Wildman–Crippen LogP) is 0.934. The fraction of sp³-hybridized carbons (Fsp3) is 0.300. The van der Waals surface area contributed by atoms with Crippen molar-refractivity contribution in [2.45, 2.75) is 5.75 Å². The number of carbonyl (C=O) groups is 1. The molecule has 0 aliphatic heterocycles. The highest BCUT2D eigenvalue weighted by Crippen LogP contribution is 2.20. The molecule has 82 valence electrons. The van der Waals surface area contributed by atoms with Gasteiger partial charge in [-0.2, -0.15) is 0 Å². The van der Waals surface area contributed by atoms with Crippen LogP contribution < -0.4 is 5.73 Å². The molecule has 1 rings (SSSR count). The maximum Gasteiger partial charge on any atom is 0.339 e. The molecule has 0 saturated carbocycles. The lowest BCUT2D eigenvalue weighted by Gasteiger charge is -2.10. The molecule has 4 nitrogen and oxygen atoms in total. The van der Waals surface area contributed by atoms with Gasteiger partial charge >= 0.3 is 5.97 Å². The van der Waals surface area contributed by atoms with E-state index in [1.165, 1.54) is 7.11 Å². The first-order chi connectivity index (χ1) is 7.06. The van der Waals surface area contributed by atoms with Crippen LogP contribution in [0.25, 0.3) is 0 Å². The molecule has 15 heavy (non-hydrogen) atoms. The van der Waals surface area contributed by atoms with E-state index in [-0.39, 0.29) is 0 Å². The molecule has 2 N–H and O–H groups in total. The number of hydrogen-bond acceptors (Lipinski definition) is 4. The number of anilines is 1. The van der Waals surface area contributed by atoms with E-state index in [2.05, 4.69) is 4.74 Å². The van der Waals surface area contributed by atoms with Crippen molar-refractivity contribution < 1.29 is 14.1 Å². The Morgan fingerprint density at radius 1 is 1.60 bits per heavy atom. The molecule has 1 aromatic carbocycles. The minimum absolute atomic E-state index is 0.320. The van der Waals surface area contributed by atoms with E-state index < -0.39 is 17.1 Å². The third-order valence-corrected chi connectivity index (χ3v) is 2.68. The van der Waals surface area contributed by atoms with E-state index in [4.69, 9.17) is 5.73 Å². The monoisotopic (exact) mass is 227 g/mol. The summed E-state index contributed by atoms with van der Waals surface area (Å²) in [4.78, 5) is 11.3. The lowest BCUT2D eigenvalue weighted by atomic mass is 10.1. The molecule has 1 atom stereocenters. The number of esters is 1. The Balaban J connectivity index is 3.05. The van der Waals surface area contributed by atoms with Gasteiger partial charge in [-0.05, 0) is 6.07 Å². The summed E-state index contributed by atoms with van der Waals surface area (Å²) in [5.74, 6) is -0.132.